The summed E-state index contributed by atoms with van der Waals surface area (Å²) in [5, 5.41) is 20.8. The number of halogens is 1. The van der Waals surface area contributed by atoms with Crippen molar-refractivity contribution in [3.63, 3.8) is 0 Å². The van der Waals surface area contributed by atoms with E-state index in [2.05, 4.69) is 145 Å². The van der Waals surface area contributed by atoms with Gasteiger partial charge in [0.05, 0.1) is 10.5 Å². The molecule has 5 aromatic carbocycles. The van der Waals surface area contributed by atoms with Crippen LogP contribution in [0.2, 0.25) is 0 Å². The standard InChI is InChI=1S/C21H27N2.C17H20N2O3.C17H14.ClH.Ru/c1-14-9-16(3)20(17(4)10-14)22-7-8-23(13-22)21-18(5)11-15(2)12-19(21)6;20-16-2-1-15(19(21)22)6-14(16)10-18-17-7-11-3-12(8-17)5-13(4-11)9-17;1-12-6-3-4-9-15(12)16-11-10-14-8-5-7-13(2)17(14)16;;/h9-13H,7-8H2,1-6H3;1-2,6,10-13,20H,3-5,7-9H2;3-9,11H,1-2H3;1H;/q-1;;;;+1/p-1. The maximum atomic E-state index is 10.9. The van der Waals surface area contributed by atoms with E-state index in [1.54, 1.807) is 6.21 Å². The van der Waals surface area contributed by atoms with E-state index in [-0.39, 0.29) is 32.7 Å². The van der Waals surface area contributed by atoms with Crippen molar-refractivity contribution in [1.29, 1.82) is 0 Å². The van der Waals surface area contributed by atoms with Crippen molar-refractivity contribution < 1.29 is 25.7 Å². The first kappa shape index (κ1) is 45.7. The van der Waals surface area contributed by atoms with Crippen LogP contribution in [0.15, 0.2) is 96.0 Å². The number of aromatic hydroxyl groups is 1. The van der Waals surface area contributed by atoms with Crippen molar-refractivity contribution >= 4 is 42.6 Å². The maximum Gasteiger partial charge on any atom is 0.270 e. The number of non-ortho nitro benzene ring substituents is 1. The molecule has 64 heavy (non-hydrogen) atoms. The zero-order valence-corrected chi connectivity index (χ0v) is 41.0. The fourth-order valence-electron chi connectivity index (χ4n) is 11.9. The van der Waals surface area contributed by atoms with Crippen molar-refractivity contribution in [1.82, 2.24) is 0 Å². The van der Waals surface area contributed by atoms with Gasteiger partial charge in [0.25, 0.3) is 5.69 Å². The summed E-state index contributed by atoms with van der Waals surface area (Å²) in [5.74, 6) is 2.48. The number of phenols is 1. The smallest absolute Gasteiger partial charge is 0.270 e. The predicted molar refractivity (Wildman–Crippen MR) is 263 cm³/mol. The number of benzene rings is 5. The molecule has 1 heterocycles. The number of allylic oxidation sites excluding steroid dienone is 1. The molecule has 0 aromatic heterocycles. The fourth-order valence-corrected chi connectivity index (χ4v) is 13.5. The molecule has 0 atom stereocenters. The molecule has 335 valence electrons. The Morgan fingerprint density at radius 1 is 0.719 bits per heavy atom. The molecule has 4 bridgehead atoms. The molecule has 1 N–H and O–H groups in total. The molecule has 7 nitrogen and oxygen atoms in total. The van der Waals surface area contributed by atoms with Crippen LogP contribution in [0.4, 0.5) is 17.1 Å². The number of aliphatic imine (C=N–C) groups is 1. The van der Waals surface area contributed by atoms with Crippen LogP contribution in [0.25, 0.3) is 5.57 Å². The number of rotatable bonds is 6. The summed E-state index contributed by atoms with van der Waals surface area (Å²) in [7, 11) is 6.19. The number of phenolic OH excluding ortho intramolecular Hbond substituents is 1. The molecule has 0 radical (unpaired) electrons. The topological polar surface area (TPSA) is 82.2 Å². The van der Waals surface area contributed by atoms with E-state index >= 15 is 0 Å². The van der Waals surface area contributed by atoms with Gasteiger partial charge in [0.1, 0.15) is 5.75 Å². The normalized spacial score (nSPS) is 22.4. The van der Waals surface area contributed by atoms with E-state index in [1.165, 1.54) is 120 Å². The van der Waals surface area contributed by atoms with Crippen molar-refractivity contribution in [2.24, 2.45) is 22.7 Å². The average molecular weight is 963 g/mol. The zero-order chi connectivity index (χ0) is 45.4. The van der Waals surface area contributed by atoms with Crippen molar-refractivity contribution in [2.45, 2.75) is 99.5 Å². The minimum atomic E-state index is -0.443. The summed E-state index contributed by atoms with van der Waals surface area (Å²) >= 11 is -0.237. The summed E-state index contributed by atoms with van der Waals surface area (Å²) in [5.41, 5.74) is 19.3. The Morgan fingerprint density at radius 2 is 1.23 bits per heavy atom. The molecular weight excluding hydrogens is 901 g/mol. The number of anilines is 2. The number of aryl methyl sites for hydroxylation is 8. The van der Waals surface area contributed by atoms with Crippen LogP contribution < -0.4 is 9.80 Å². The summed E-state index contributed by atoms with van der Waals surface area (Å²) in [6.45, 7) is 21.9. The Morgan fingerprint density at radius 3 is 1.75 bits per heavy atom. The predicted octanol–water partition coefficient (Wildman–Crippen LogP) is 13.2. The van der Waals surface area contributed by atoms with Gasteiger partial charge in [-0.2, -0.15) is 6.67 Å². The average Bonchev–Trinajstić information content (AvgIpc) is 3.86. The van der Waals surface area contributed by atoms with E-state index in [1.807, 2.05) is 0 Å². The molecule has 5 aliphatic carbocycles. The van der Waals surface area contributed by atoms with Gasteiger partial charge in [0.15, 0.2) is 0 Å². The van der Waals surface area contributed by atoms with Gasteiger partial charge < -0.3 is 14.9 Å². The van der Waals surface area contributed by atoms with Gasteiger partial charge in [-0.25, -0.2) is 0 Å². The molecular formula is C55H61ClN4O3Ru-. The molecule has 4 saturated carbocycles. The molecule has 6 aliphatic rings. The summed E-state index contributed by atoms with van der Waals surface area (Å²) < 4.78 is 1.31. The molecule has 9 heteroatoms. The molecule has 5 fully saturated rings. The van der Waals surface area contributed by atoms with Gasteiger partial charge in [0, 0.05) is 48.4 Å². The van der Waals surface area contributed by atoms with E-state index in [9.17, 15) is 15.2 Å². The second-order valence-electron chi connectivity index (χ2n) is 19.2. The molecule has 0 amide bonds. The van der Waals surface area contributed by atoms with E-state index in [4.69, 9.17) is 14.7 Å². The molecule has 0 unspecified atom stereocenters. The molecule has 1 saturated heterocycles. The van der Waals surface area contributed by atoms with Crippen LogP contribution in [0.1, 0.15) is 105 Å². The first-order valence-corrected chi connectivity index (χ1v) is 25.8. The zero-order valence-electron chi connectivity index (χ0n) is 38.5. The quantitative estimate of drug-likeness (QED) is 0.0603. The third-order valence-corrected chi connectivity index (χ3v) is 15.9. The summed E-state index contributed by atoms with van der Waals surface area (Å²) in [6, 6.07) is 28.3. The molecule has 0 spiro atoms. The Balaban J connectivity index is 0.000000132. The number of nitro groups is 1. The summed E-state index contributed by atoms with van der Waals surface area (Å²) in [6.07, 6.45) is 11.5. The van der Waals surface area contributed by atoms with Gasteiger partial charge in [-0.05, 0) is 126 Å². The molecule has 5 aromatic rings. The maximum absolute atomic E-state index is 10.9. The Hall–Kier alpha value is -4.91. The monoisotopic (exact) mass is 962 g/mol. The third-order valence-electron chi connectivity index (χ3n) is 14.0. The number of nitrogens with zero attached hydrogens (tertiary/aromatic N) is 4. The fraction of sp³-hybridized carbons (Fsp3) is 0.364. The van der Waals surface area contributed by atoms with Crippen LogP contribution in [0.3, 0.4) is 0 Å². The van der Waals surface area contributed by atoms with Crippen LogP contribution in [-0.4, -0.2) is 39.0 Å². The summed E-state index contributed by atoms with van der Waals surface area (Å²) in [4.78, 5) is 20.1. The van der Waals surface area contributed by atoms with Crippen LogP contribution in [0.5, 0.6) is 5.75 Å². The number of nitro benzene ring substituents is 1. The number of fused-ring (bicyclic) bond motifs is 1. The molecule has 11 rings (SSSR count). The van der Waals surface area contributed by atoms with Gasteiger partial charge >= 0.3 is 125 Å². The van der Waals surface area contributed by atoms with E-state index in [0.29, 0.717) is 5.56 Å². The minimum Gasteiger partial charge on any atom is -0.507 e. The van der Waals surface area contributed by atoms with Crippen LogP contribution in [0, 0.1) is 89.9 Å². The largest absolute Gasteiger partial charge is 0.507 e. The van der Waals surface area contributed by atoms with Crippen molar-refractivity contribution in [2.75, 3.05) is 22.9 Å². The Kier molecular flexibility index (Phi) is 13.5. The van der Waals surface area contributed by atoms with Gasteiger partial charge in [0.2, 0.25) is 0 Å². The second-order valence-corrected chi connectivity index (χ2v) is 21.2. The Bertz CT molecular complexity index is 2560. The van der Waals surface area contributed by atoms with Gasteiger partial charge in [-0.3, -0.25) is 15.1 Å². The minimum absolute atomic E-state index is 0.00948. The Labute approximate surface area is 391 Å². The first-order valence-electron chi connectivity index (χ1n) is 22.7. The SMILES string of the molecule is Cc1cc(C)c(N2[CH-]N(c3c(C)cc(C)cc3C)CC2)c(C)c1.Cc1ccccc1C1=C[C](=[Ru][Cl])c2cccc(C)c21.O=[N+]([O-])c1ccc(O)c(C=NC23CC4CC(CC(C4)C2)C3)c1. The van der Waals surface area contributed by atoms with Crippen LogP contribution >= 0.6 is 9.69 Å². The second kappa shape index (κ2) is 18.9. The third kappa shape index (κ3) is 9.56. The van der Waals surface area contributed by atoms with E-state index in [0.717, 1.165) is 50.1 Å². The first-order chi connectivity index (χ1) is 30.6. The number of hydrogen-bond donors (Lipinski definition) is 1. The van der Waals surface area contributed by atoms with Crippen molar-refractivity contribution in [3.05, 3.63) is 175 Å². The van der Waals surface area contributed by atoms with Crippen molar-refractivity contribution in [3.8, 4) is 5.75 Å². The number of hydrogen-bond acceptors (Lipinski definition) is 6. The van der Waals surface area contributed by atoms with Gasteiger partial charge in [-0.15, -0.1) is 0 Å². The molecule has 1 aliphatic heterocycles. The van der Waals surface area contributed by atoms with Crippen LogP contribution in [-0.2, 0) is 15.7 Å². The van der Waals surface area contributed by atoms with Gasteiger partial charge in [-0.1, -0.05) is 35.4 Å². The van der Waals surface area contributed by atoms with E-state index < -0.39 is 4.92 Å².